The number of benzene rings is 2. The van der Waals surface area contributed by atoms with Gasteiger partial charge in [-0.05, 0) is 38.4 Å². The SMILES string of the molecule is CN(C)CCN(C(=O)c1cc2cc([N+](=O)[O-])ccc2s1)c1nc2ccccc2s1.Cl. The number of para-hydroxylation sites is 1. The van der Waals surface area contributed by atoms with Crippen molar-refractivity contribution in [1.29, 1.82) is 0 Å². The van der Waals surface area contributed by atoms with Gasteiger partial charge in [-0.15, -0.1) is 23.7 Å². The first kappa shape index (κ1) is 22.1. The molecule has 0 unspecified atom stereocenters. The maximum absolute atomic E-state index is 13.4. The summed E-state index contributed by atoms with van der Waals surface area (Å²) in [5.74, 6) is -0.144. The van der Waals surface area contributed by atoms with E-state index >= 15 is 0 Å². The summed E-state index contributed by atoms with van der Waals surface area (Å²) in [5, 5.41) is 12.4. The standard InChI is InChI=1S/C20H18N4O3S2.ClH/c1-22(2)9-10-23(20-21-15-5-3-4-6-17(15)29-20)19(25)18-12-13-11-14(24(26)27)7-8-16(13)28-18;/h3-8,11-12H,9-10H2,1-2H3;1H. The van der Waals surface area contributed by atoms with E-state index in [2.05, 4.69) is 4.98 Å². The minimum atomic E-state index is -0.427. The van der Waals surface area contributed by atoms with Gasteiger partial charge in [-0.1, -0.05) is 23.5 Å². The lowest BCUT2D eigenvalue weighted by Gasteiger charge is -2.21. The molecular weight excluding hydrogens is 444 g/mol. The first-order valence-electron chi connectivity index (χ1n) is 8.92. The molecule has 0 aliphatic rings. The maximum atomic E-state index is 13.4. The predicted octanol–water partition coefficient (Wildman–Crippen LogP) is 5.05. The van der Waals surface area contributed by atoms with E-state index in [9.17, 15) is 14.9 Å². The first-order chi connectivity index (χ1) is 13.9. The average Bonchev–Trinajstić information content (AvgIpc) is 3.30. The van der Waals surface area contributed by atoms with Crippen molar-refractivity contribution in [1.82, 2.24) is 9.88 Å². The van der Waals surface area contributed by atoms with Crippen molar-refractivity contribution >= 4 is 72.1 Å². The number of non-ortho nitro benzene ring substituents is 1. The highest BCUT2D eigenvalue weighted by molar-refractivity contribution is 7.23. The average molecular weight is 463 g/mol. The number of hydrogen-bond acceptors (Lipinski definition) is 7. The minimum Gasteiger partial charge on any atom is -0.308 e. The lowest BCUT2D eigenvalue weighted by molar-refractivity contribution is -0.384. The molecule has 7 nitrogen and oxygen atoms in total. The predicted molar refractivity (Wildman–Crippen MR) is 126 cm³/mol. The number of fused-ring (bicyclic) bond motifs is 2. The maximum Gasteiger partial charge on any atom is 0.270 e. The Balaban J connectivity index is 0.00000256. The number of anilines is 1. The molecule has 0 radical (unpaired) electrons. The van der Waals surface area contributed by atoms with Gasteiger partial charge in [0.2, 0.25) is 0 Å². The van der Waals surface area contributed by atoms with Crippen molar-refractivity contribution in [3.63, 3.8) is 0 Å². The van der Waals surface area contributed by atoms with Crippen molar-refractivity contribution in [3.8, 4) is 0 Å². The van der Waals surface area contributed by atoms with E-state index in [4.69, 9.17) is 0 Å². The molecule has 0 saturated carbocycles. The summed E-state index contributed by atoms with van der Waals surface area (Å²) >= 11 is 2.82. The first-order valence-corrected chi connectivity index (χ1v) is 10.6. The van der Waals surface area contributed by atoms with Crippen LogP contribution in [-0.4, -0.2) is 47.9 Å². The molecule has 1 amide bonds. The summed E-state index contributed by atoms with van der Waals surface area (Å²) in [6, 6.07) is 14.2. The molecule has 10 heteroatoms. The van der Waals surface area contributed by atoms with E-state index in [0.717, 1.165) is 14.9 Å². The Bertz CT molecular complexity index is 1190. The third-order valence-corrected chi connectivity index (χ3v) is 6.61. The fourth-order valence-electron chi connectivity index (χ4n) is 2.94. The fourth-order valence-corrected chi connectivity index (χ4v) is 4.92. The summed E-state index contributed by atoms with van der Waals surface area (Å²) < 4.78 is 1.87. The van der Waals surface area contributed by atoms with Crippen LogP contribution in [0.25, 0.3) is 20.3 Å². The van der Waals surface area contributed by atoms with Crippen molar-refractivity contribution < 1.29 is 9.72 Å². The van der Waals surface area contributed by atoms with Crippen LogP contribution in [-0.2, 0) is 0 Å². The number of nitro benzene ring substituents is 1. The van der Waals surface area contributed by atoms with E-state index in [1.54, 1.807) is 17.0 Å². The third-order valence-electron chi connectivity index (χ3n) is 4.45. The third kappa shape index (κ3) is 4.44. The molecule has 156 valence electrons. The molecule has 2 heterocycles. The van der Waals surface area contributed by atoms with E-state index in [-0.39, 0.29) is 24.0 Å². The van der Waals surface area contributed by atoms with Crippen molar-refractivity contribution in [2.24, 2.45) is 0 Å². The van der Waals surface area contributed by atoms with Gasteiger partial charge in [-0.25, -0.2) is 4.98 Å². The van der Waals surface area contributed by atoms with Crippen LogP contribution in [0.15, 0.2) is 48.5 Å². The molecule has 0 aliphatic carbocycles. The van der Waals surface area contributed by atoms with Gasteiger partial charge in [-0.3, -0.25) is 19.8 Å². The quantitative estimate of drug-likeness (QED) is 0.296. The van der Waals surface area contributed by atoms with E-state index in [0.29, 0.717) is 28.5 Å². The lowest BCUT2D eigenvalue weighted by atomic mass is 10.2. The van der Waals surface area contributed by atoms with Crippen LogP contribution in [0.2, 0.25) is 0 Å². The van der Waals surface area contributed by atoms with Gasteiger partial charge in [0.1, 0.15) is 0 Å². The topological polar surface area (TPSA) is 79.6 Å². The Kier molecular flexibility index (Phi) is 6.67. The number of likely N-dealkylation sites (N-methyl/N-ethyl adjacent to an activating group) is 1. The Labute approximate surface area is 187 Å². The van der Waals surface area contributed by atoms with E-state index in [1.807, 2.05) is 43.3 Å². The van der Waals surface area contributed by atoms with Crippen LogP contribution in [0, 0.1) is 10.1 Å². The number of amides is 1. The highest BCUT2D eigenvalue weighted by Crippen LogP contribution is 2.33. The number of aromatic nitrogens is 1. The van der Waals surface area contributed by atoms with Crippen LogP contribution in [0.3, 0.4) is 0 Å². The Morgan fingerprint density at radius 2 is 1.83 bits per heavy atom. The smallest absolute Gasteiger partial charge is 0.270 e. The monoisotopic (exact) mass is 462 g/mol. The second kappa shape index (κ2) is 9.05. The number of nitrogens with zero attached hydrogens (tertiary/aromatic N) is 4. The van der Waals surface area contributed by atoms with Gasteiger partial charge >= 0.3 is 0 Å². The molecule has 30 heavy (non-hydrogen) atoms. The molecule has 0 bridgehead atoms. The summed E-state index contributed by atoms with van der Waals surface area (Å²) in [4.78, 5) is 32.9. The van der Waals surface area contributed by atoms with Gasteiger partial charge in [0.15, 0.2) is 5.13 Å². The normalized spacial score (nSPS) is 11.0. The molecule has 4 rings (SSSR count). The highest BCUT2D eigenvalue weighted by Gasteiger charge is 2.23. The highest BCUT2D eigenvalue weighted by atomic mass is 35.5. The fraction of sp³-hybridized carbons (Fsp3) is 0.200. The number of halogens is 1. The Hall–Kier alpha value is -2.59. The van der Waals surface area contributed by atoms with Gasteiger partial charge in [0, 0.05) is 35.3 Å². The molecular formula is C20H19ClN4O3S2. The number of carbonyl (C=O) groups excluding carboxylic acids is 1. The largest absolute Gasteiger partial charge is 0.308 e. The molecule has 2 aromatic carbocycles. The van der Waals surface area contributed by atoms with Crippen molar-refractivity contribution in [3.05, 3.63) is 63.5 Å². The van der Waals surface area contributed by atoms with Crippen LogP contribution in [0.5, 0.6) is 0 Å². The second-order valence-corrected chi connectivity index (χ2v) is 8.91. The Morgan fingerprint density at radius 3 is 2.53 bits per heavy atom. The van der Waals surface area contributed by atoms with Crippen LogP contribution in [0.4, 0.5) is 10.8 Å². The summed E-state index contributed by atoms with van der Waals surface area (Å²) in [6.07, 6.45) is 0. The zero-order chi connectivity index (χ0) is 20.5. The molecule has 0 N–H and O–H groups in total. The lowest BCUT2D eigenvalue weighted by Crippen LogP contribution is -2.36. The number of rotatable bonds is 6. The molecule has 0 spiro atoms. The minimum absolute atomic E-state index is 0. The summed E-state index contributed by atoms with van der Waals surface area (Å²) in [7, 11) is 3.92. The van der Waals surface area contributed by atoms with Gasteiger partial charge in [0.05, 0.1) is 20.0 Å². The van der Waals surface area contributed by atoms with Gasteiger partial charge < -0.3 is 4.90 Å². The second-order valence-electron chi connectivity index (χ2n) is 6.81. The number of nitro groups is 1. The van der Waals surface area contributed by atoms with Crippen LogP contribution >= 0.6 is 35.1 Å². The van der Waals surface area contributed by atoms with Crippen LogP contribution in [0.1, 0.15) is 9.67 Å². The zero-order valence-electron chi connectivity index (χ0n) is 16.3. The molecule has 0 fully saturated rings. The van der Waals surface area contributed by atoms with Crippen LogP contribution < -0.4 is 4.90 Å². The number of hydrogen-bond donors (Lipinski definition) is 0. The molecule has 2 aromatic heterocycles. The van der Waals surface area contributed by atoms with E-state index in [1.165, 1.54) is 34.8 Å². The number of carbonyl (C=O) groups is 1. The number of thiophene rings is 1. The molecule has 0 aliphatic heterocycles. The number of thiazole rings is 1. The Morgan fingerprint density at radius 1 is 1.07 bits per heavy atom. The van der Waals surface area contributed by atoms with Crippen molar-refractivity contribution in [2.45, 2.75) is 0 Å². The zero-order valence-corrected chi connectivity index (χ0v) is 18.7. The van der Waals surface area contributed by atoms with E-state index < -0.39 is 4.92 Å². The molecule has 0 atom stereocenters. The van der Waals surface area contributed by atoms with Gasteiger partial charge in [-0.2, -0.15) is 0 Å². The summed E-state index contributed by atoms with van der Waals surface area (Å²) in [5.41, 5.74) is 0.882. The van der Waals surface area contributed by atoms with Gasteiger partial charge in [0.25, 0.3) is 11.6 Å². The summed E-state index contributed by atoms with van der Waals surface area (Å²) in [6.45, 7) is 1.19. The molecule has 0 saturated heterocycles. The molecule has 4 aromatic rings. The van der Waals surface area contributed by atoms with Crippen molar-refractivity contribution in [2.75, 3.05) is 32.1 Å².